The number of aromatic nitrogens is 3. The number of hydrogen-bond donors (Lipinski definition) is 3. The van der Waals surface area contributed by atoms with Crippen LogP contribution in [0.4, 0.5) is 0 Å². The second-order valence-electron chi connectivity index (χ2n) is 9.38. The predicted molar refractivity (Wildman–Crippen MR) is 136 cm³/mol. The summed E-state index contributed by atoms with van der Waals surface area (Å²) in [6, 6.07) is 7.66. The lowest BCUT2D eigenvalue weighted by molar-refractivity contribution is -0.124. The van der Waals surface area contributed by atoms with Crippen LogP contribution >= 0.6 is 0 Å². The first-order valence-electron chi connectivity index (χ1n) is 12.7. The number of ether oxygens (including phenoxy) is 2. The van der Waals surface area contributed by atoms with Gasteiger partial charge in [0, 0.05) is 18.2 Å². The van der Waals surface area contributed by atoms with Gasteiger partial charge in [-0.05, 0) is 80.8 Å². The number of benzene rings is 1. The standard InChI is InChI=1S/C27H34N4O6/c1-4-18-12-19(11-17(3)25(18)35-15-20(33)13-28-23(34)14-32)26-30-27(37-31-26)22-9-16(2)10-24(29-22)36-21-7-5-6-8-21/h9-12,20-21,32-33H,4-8,13-15H2,1-3H3,(H,28,34)/t20-/m0/s1. The van der Waals surface area contributed by atoms with Gasteiger partial charge in [0.05, 0.1) is 0 Å². The van der Waals surface area contributed by atoms with Gasteiger partial charge in [0.15, 0.2) is 0 Å². The summed E-state index contributed by atoms with van der Waals surface area (Å²) >= 11 is 0. The first-order valence-corrected chi connectivity index (χ1v) is 12.7. The summed E-state index contributed by atoms with van der Waals surface area (Å²) in [5.74, 6) is 1.44. The third-order valence-electron chi connectivity index (χ3n) is 6.27. The molecule has 0 bridgehead atoms. The van der Waals surface area contributed by atoms with E-state index in [4.69, 9.17) is 19.1 Å². The highest BCUT2D eigenvalue weighted by Gasteiger charge is 2.20. The van der Waals surface area contributed by atoms with Crippen LogP contribution < -0.4 is 14.8 Å². The number of nitrogens with zero attached hydrogens (tertiary/aromatic N) is 3. The van der Waals surface area contributed by atoms with Crippen molar-refractivity contribution in [3.63, 3.8) is 0 Å². The maximum Gasteiger partial charge on any atom is 0.276 e. The Balaban J connectivity index is 1.49. The van der Waals surface area contributed by atoms with E-state index in [-0.39, 0.29) is 19.3 Å². The van der Waals surface area contributed by atoms with Gasteiger partial charge in [-0.3, -0.25) is 4.79 Å². The highest BCUT2D eigenvalue weighted by molar-refractivity contribution is 5.76. The first kappa shape index (κ1) is 26.6. The van der Waals surface area contributed by atoms with Gasteiger partial charge in [0.2, 0.25) is 17.6 Å². The predicted octanol–water partition coefficient (Wildman–Crippen LogP) is 3.15. The summed E-state index contributed by atoms with van der Waals surface area (Å²) in [5, 5.41) is 25.5. The minimum atomic E-state index is -0.914. The third kappa shape index (κ3) is 6.84. The van der Waals surface area contributed by atoms with Crippen molar-refractivity contribution in [2.24, 2.45) is 0 Å². The second-order valence-corrected chi connectivity index (χ2v) is 9.38. The molecule has 2 heterocycles. The quantitative estimate of drug-likeness (QED) is 0.355. The molecular weight excluding hydrogens is 476 g/mol. The van der Waals surface area contributed by atoms with Crippen LogP contribution in [0.5, 0.6) is 11.6 Å². The Morgan fingerprint density at radius 3 is 2.70 bits per heavy atom. The molecule has 10 heteroatoms. The topological polar surface area (TPSA) is 140 Å². The number of amides is 1. The minimum absolute atomic E-state index is 0.00442. The maximum atomic E-state index is 11.2. The normalized spacial score (nSPS) is 14.5. The average molecular weight is 511 g/mol. The number of aliphatic hydroxyl groups is 2. The lowest BCUT2D eigenvalue weighted by Gasteiger charge is -2.17. The van der Waals surface area contributed by atoms with E-state index in [0.29, 0.717) is 35.5 Å². The number of aliphatic hydroxyl groups excluding tert-OH is 2. The lowest BCUT2D eigenvalue weighted by Crippen LogP contribution is -2.36. The van der Waals surface area contributed by atoms with Crippen molar-refractivity contribution in [1.29, 1.82) is 0 Å². The Bertz CT molecular complexity index is 1220. The van der Waals surface area contributed by atoms with Crippen LogP contribution in [0.15, 0.2) is 28.8 Å². The van der Waals surface area contributed by atoms with Gasteiger partial charge in [-0.2, -0.15) is 4.98 Å². The van der Waals surface area contributed by atoms with Crippen LogP contribution in [0.3, 0.4) is 0 Å². The molecule has 0 spiro atoms. The lowest BCUT2D eigenvalue weighted by atomic mass is 10.0. The van der Waals surface area contributed by atoms with E-state index in [1.54, 1.807) is 0 Å². The summed E-state index contributed by atoms with van der Waals surface area (Å²) in [6.45, 7) is 5.26. The summed E-state index contributed by atoms with van der Waals surface area (Å²) < 4.78 is 17.5. The molecule has 0 radical (unpaired) electrons. The van der Waals surface area contributed by atoms with Gasteiger partial charge in [-0.1, -0.05) is 12.1 Å². The van der Waals surface area contributed by atoms with Gasteiger partial charge in [0.25, 0.3) is 5.89 Å². The molecule has 0 aliphatic heterocycles. The number of carbonyl (C=O) groups is 1. The van der Waals surface area contributed by atoms with Crippen molar-refractivity contribution in [3.8, 4) is 34.6 Å². The molecular formula is C27H34N4O6. The number of rotatable bonds is 11. The summed E-state index contributed by atoms with van der Waals surface area (Å²) in [4.78, 5) is 20.4. The van der Waals surface area contributed by atoms with Crippen molar-refractivity contribution < 1.29 is 29.0 Å². The van der Waals surface area contributed by atoms with Crippen LogP contribution in [0.2, 0.25) is 0 Å². The zero-order valence-electron chi connectivity index (χ0n) is 21.5. The smallest absolute Gasteiger partial charge is 0.276 e. The molecule has 1 aliphatic carbocycles. The number of aryl methyl sites for hydroxylation is 3. The van der Waals surface area contributed by atoms with Gasteiger partial charge < -0.3 is 29.5 Å². The molecule has 3 N–H and O–H groups in total. The van der Waals surface area contributed by atoms with Crippen LogP contribution in [0.25, 0.3) is 23.0 Å². The van der Waals surface area contributed by atoms with E-state index in [0.717, 1.165) is 35.1 Å². The average Bonchev–Trinajstić information content (AvgIpc) is 3.58. The number of hydrogen-bond acceptors (Lipinski definition) is 9. The van der Waals surface area contributed by atoms with Gasteiger partial charge in [0.1, 0.15) is 36.9 Å². The fraction of sp³-hybridized carbons (Fsp3) is 0.481. The SMILES string of the molecule is CCc1cc(-c2noc(-c3cc(C)cc(OC4CCCC4)n3)n2)cc(C)c1OC[C@@H](O)CNC(=O)CO. The van der Waals surface area contributed by atoms with E-state index in [1.165, 1.54) is 12.8 Å². The van der Waals surface area contributed by atoms with Gasteiger partial charge in [-0.25, -0.2) is 4.98 Å². The van der Waals surface area contributed by atoms with Crippen molar-refractivity contribution in [1.82, 2.24) is 20.4 Å². The van der Waals surface area contributed by atoms with E-state index < -0.39 is 18.6 Å². The number of pyridine rings is 1. The third-order valence-corrected chi connectivity index (χ3v) is 6.27. The molecule has 0 unspecified atom stereocenters. The van der Waals surface area contributed by atoms with E-state index in [9.17, 15) is 9.90 Å². The van der Waals surface area contributed by atoms with Crippen molar-refractivity contribution in [3.05, 3.63) is 41.0 Å². The molecule has 198 valence electrons. The molecule has 0 saturated heterocycles. The first-order chi connectivity index (χ1) is 17.9. The van der Waals surface area contributed by atoms with Crippen LogP contribution in [-0.4, -0.2) is 63.2 Å². The Morgan fingerprint density at radius 1 is 1.19 bits per heavy atom. The fourth-order valence-electron chi connectivity index (χ4n) is 4.40. The molecule has 10 nitrogen and oxygen atoms in total. The molecule has 1 amide bonds. The molecule has 37 heavy (non-hydrogen) atoms. The number of carbonyl (C=O) groups excluding carboxylic acids is 1. The number of nitrogens with one attached hydrogen (secondary N) is 1. The molecule has 1 aliphatic rings. The maximum absolute atomic E-state index is 11.2. The van der Waals surface area contributed by atoms with Crippen LogP contribution in [-0.2, 0) is 11.2 Å². The Labute approximate surface area is 216 Å². The van der Waals surface area contributed by atoms with Gasteiger partial charge >= 0.3 is 0 Å². The largest absolute Gasteiger partial charge is 0.490 e. The molecule has 1 aromatic carbocycles. The molecule has 2 aromatic heterocycles. The Kier molecular flexibility index (Phi) is 8.73. The Hall–Kier alpha value is -3.50. The second kappa shape index (κ2) is 12.2. The van der Waals surface area contributed by atoms with E-state index in [2.05, 4.69) is 20.4 Å². The molecule has 1 saturated carbocycles. The van der Waals surface area contributed by atoms with Crippen molar-refractivity contribution >= 4 is 5.91 Å². The highest BCUT2D eigenvalue weighted by Crippen LogP contribution is 2.32. The minimum Gasteiger partial charge on any atom is -0.490 e. The van der Waals surface area contributed by atoms with Gasteiger partial charge in [-0.15, -0.1) is 0 Å². The molecule has 4 rings (SSSR count). The van der Waals surface area contributed by atoms with Crippen LogP contribution in [0.1, 0.15) is 49.3 Å². The van der Waals surface area contributed by atoms with E-state index >= 15 is 0 Å². The monoisotopic (exact) mass is 510 g/mol. The fourth-order valence-corrected chi connectivity index (χ4v) is 4.40. The molecule has 3 aromatic rings. The van der Waals surface area contributed by atoms with E-state index in [1.807, 2.05) is 45.0 Å². The molecule has 1 fully saturated rings. The Morgan fingerprint density at radius 2 is 1.97 bits per heavy atom. The summed E-state index contributed by atoms with van der Waals surface area (Å²) in [5.41, 5.74) is 4.13. The zero-order valence-corrected chi connectivity index (χ0v) is 21.5. The highest BCUT2D eigenvalue weighted by atomic mass is 16.5. The van der Waals surface area contributed by atoms with Crippen LogP contribution in [0, 0.1) is 13.8 Å². The zero-order chi connectivity index (χ0) is 26.4. The van der Waals surface area contributed by atoms with Crippen molar-refractivity contribution in [2.75, 3.05) is 19.8 Å². The molecule has 1 atom stereocenters. The summed E-state index contributed by atoms with van der Waals surface area (Å²) in [6.07, 6.45) is 4.45. The summed E-state index contributed by atoms with van der Waals surface area (Å²) in [7, 11) is 0. The van der Waals surface area contributed by atoms with Crippen molar-refractivity contribution in [2.45, 2.75) is 65.1 Å².